The van der Waals surface area contributed by atoms with E-state index in [2.05, 4.69) is 4.98 Å². The molecule has 0 aliphatic heterocycles. The number of aromatic nitrogens is 5. The minimum atomic E-state index is -1.15. The molecule has 1 saturated carbocycles. The Morgan fingerprint density at radius 3 is 2.67 bits per heavy atom. The summed E-state index contributed by atoms with van der Waals surface area (Å²) in [5.41, 5.74) is 7.39. The number of carbonyl (C=O) groups excluding carboxylic acids is 1. The van der Waals surface area contributed by atoms with Crippen LogP contribution in [0.4, 0.5) is 0 Å². The Labute approximate surface area is 191 Å². The smallest absolute Gasteiger partial charge is 0.361 e. The third-order valence-electron chi connectivity index (χ3n) is 6.71. The van der Waals surface area contributed by atoms with E-state index in [0.29, 0.717) is 34.4 Å². The highest BCUT2D eigenvalue weighted by Crippen LogP contribution is 2.34. The lowest BCUT2D eigenvalue weighted by atomic mass is 9.87. The molecule has 0 spiro atoms. The number of hydrogen-bond acceptors (Lipinski definition) is 5. The minimum absolute atomic E-state index is 0.247. The average molecular weight is 450 g/mol. The lowest BCUT2D eigenvalue weighted by Crippen LogP contribution is -2.33. The minimum Gasteiger partial charge on any atom is -0.396 e. The van der Waals surface area contributed by atoms with Crippen molar-refractivity contribution in [1.82, 2.24) is 19.4 Å². The molecule has 1 amide bonds. The van der Waals surface area contributed by atoms with Crippen LogP contribution in [0.15, 0.2) is 43.0 Å². The van der Waals surface area contributed by atoms with Gasteiger partial charge in [-0.05, 0) is 62.6 Å². The lowest BCUT2D eigenvalue weighted by Gasteiger charge is -2.27. The molecule has 0 bridgehead atoms. The van der Waals surface area contributed by atoms with Crippen LogP contribution in [0, 0.1) is 5.92 Å². The topological polar surface area (TPSA) is 123 Å². The van der Waals surface area contributed by atoms with Crippen LogP contribution in [0.5, 0.6) is 0 Å². The Bertz CT molecular complexity index is 1340. The molecule has 9 heteroatoms. The van der Waals surface area contributed by atoms with Crippen molar-refractivity contribution in [2.24, 2.45) is 11.7 Å². The van der Waals surface area contributed by atoms with Gasteiger partial charge in [0.15, 0.2) is 5.56 Å². The number of hydrogen-bond donors (Lipinski definition) is 3. The molecular weight excluding hydrogens is 420 g/mol. The third kappa shape index (κ3) is 3.77. The molecule has 4 N–H and O–H groups in total. The molecule has 3 heterocycles. The number of rotatable bonds is 5. The number of nitrogens with two attached hydrogens (primary N) is 1. The second-order valence-corrected chi connectivity index (χ2v) is 9.49. The molecule has 0 atom stereocenters. The normalized spacial score (nSPS) is 19.4. The summed E-state index contributed by atoms with van der Waals surface area (Å²) in [4.78, 5) is 16.4. The van der Waals surface area contributed by atoms with Crippen LogP contribution < -0.4 is 10.2 Å². The van der Waals surface area contributed by atoms with E-state index >= 15 is 0 Å². The maximum absolute atomic E-state index is 12.1. The molecule has 0 unspecified atom stereocenters. The average Bonchev–Trinajstić information content (AvgIpc) is 3.39. The molecule has 0 radical (unpaired) electrons. The van der Waals surface area contributed by atoms with Gasteiger partial charge in [0.25, 0.3) is 5.91 Å². The molecule has 1 fully saturated rings. The summed E-state index contributed by atoms with van der Waals surface area (Å²) in [6.07, 6.45) is 11.1. The van der Waals surface area contributed by atoms with Crippen molar-refractivity contribution >= 4 is 22.5 Å². The number of carbonyl (C=O) groups is 1. The van der Waals surface area contributed by atoms with Gasteiger partial charge >= 0.3 is 5.65 Å². The van der Waals surface area contributed by atoms with Crippen LogP contribution in [-0.2, 0) is 5.60 Å². The molecular formula is C24H29N6O3+. The summed E-state index contributed by atoms with van der Waals surface area (Å²) in [7, 11) is 0. The van der Waals surface area contributed by atoms with Crippen molar-refractivity contribution < 1.29 is 19.5 Å². The first-order valence-electron chi connectivity index (χ1n) is 11.3. The van der Waals surface area contributed by atoms with Crippen molar-refractivity contribution in [3.63, 3.8) is 0 Å². The number of aliphatic hydroxyl groups is 2. The summed E-state index contributed by atoms with van der Waals surface area (Å²) in [6.45, 7) is 3.71. The maximum Gasteiger partial charge on any atom is 0.361 e. The number of primary amides is 1. The van der Waals surface area contributed by atoms with Crippen molar-refractivity contribution in [3.05, 3.63) is 54.1 Å². The molecule has 3 aromatic heterocycles. The monoisotopic (exact) mass is 449 g/mol. The van der Waals surface area contributed by atoms with E-state index in [-0.39, 0.29) is 6.61 Å². The summed E-state index contributed by atoms with van der Waals surface area (Å²) < 4.78 is 5.56. The van der Waals surface area contributed by atoms with E-state index in [1.54, 1.807) is 47.7 Å². The predicted octanol–water partition coefficient (Wildman–Crippen LogP) is 2.01. The second kappa shape index (κ2) is 7.93. The van der Waals surface area contributed by atoms with Crippen molar-refractivity contribution in [2.45, 2.75) is 51.2 Å². The van der Waals surface area contributed by atoms with Gasteiger partial charge in [-0.2, -0.15) is 9.78 Å². The van der Waals surface area contributed by atoms with Gasteiger partial charge in [0.05, 0.1) is 29.0 Å². The SMILES string of the molecule is CC(C)(O)c1cc2nn(C3CCC(CO)CC3)cc2cc1-n1cc(C(N)=O)c2nccc[n+]21. The fourth-order valence-corrected chi connectivity index (χ4v) is 4.87. The molecule has 4 aromatic rings. The summed E-state index contributed by atoms with van der Waals surface area (Å²) in [5.74, 6) is -0.186. The summed E-state index contributed by atoms with van der Waals surface area (Å²) in [6, 6.07) is 5.96. The first kappa shape index (κ1) is 21.5. The largest absolute Gasteiger partial charge is 0.396 e. The zero-order valence-electron chi connectivity index (χ0n) is 18.8. The molecule has 0 saturated heterocycles. The van der Waals surface area contributed by atoms with Gasteiger partial charge in [-0.3, -0.25) is 9.48 Å². The second-order valence-electron chi connectivity index (χ2n) is 9.49. The number of fused-ring (bicyclic) bond motifs is 2. The highest BCUT2D eigenvalue weighted by Gasteiger charge is 2.29. The standard InChI is InChI=1S/C24H28N6O3/c1-24(2,33)19-11-20-16(12-28(27-20)17-6-4-15(14-31)5-7-17)10-21(19)30-13-18(22(25)32)23-26-8-3-9-29(23)30/h3,8-13,15,17,31,33H,4-7,14H2,1-2H3,(H-,25,32)/p+1. The number of benzene rings is 1. The number of amides is 1. The van der Waals surface area contributed by atoms with Crippen LogP contribution in [0.2, 0.25) is 0 Å². The highest BCUT2D eigenvalue weighted by atomic mass is 16.3. The summed E-state index contributed by atoms with van der Waals surface area (Å²) in [5, 5.41) is 26.2. The molecule has 5 rings (SSSR count). The third-order valence-corrected chi connectivity index (χ3v) is 6.71. The first-order valence-corrected chi connectivity index (χ1v) is 11.3. The molecule has 9 nitrogen and oxygen atoms in total. The quantitative estimate of drug-likeness (QED) is 0.402. The van der Waals surface area contributed by atoms with Crippen molar-refractivity contribution in [1.29, 1.82) is 0 Å². The van der Waals surface area contributed by atoms with Gasteiger partial charge < -0.3 is 15.9 Å². The van der Waals surface area contributed by atoms with Crippen molar-refractivity contribution in [3.8, 4) is 5.69 Å². The molecule has 1 aliphatic rings. The van der Waals surface area contributed by atoms with Crippen LogP contribution in [0.25, 0.3) is 22.2 Å². The van der Waals surface area contributed by atoms with E-state index in [0.717, 1.165) is 36.6 Å². The first-order chi connectivity index (χ1) is 15.8. The van der Waals surface area contributed by atoms with Crippen LogP contribution in [0.3, 0.4) is 0 Å². The van der Waals surface area contributed by atoms with E-state index in [4.69, 9.17) is 10.8 Å². The zero-order valence-corrected chi connectivity index (χ0v) is 18.8. The maximum atomic E-state index is 12.1. The van der Waals surface area contributed by atoms with Gasteiger partial charge in [-0.1, -0.05) is 0 Å². The van der Waals surface area contributed by atoms with E-state index in [1.807, 2.05) is 23.0 Å². The van der Waals surface area contributed by atoms with Crippen LogP contribution in [0.1, 0.15) is 61.5 Å². The van der Waals surface area contributed by atoms with Gasteiger partial charge in [0.1, 0.15) is 12.4 Å². The number of aliphatic hydroxyl groups excluding tert-OH is 1. The van der Waals surface area contributed by atoms with Gasteiger partial charge in [-0.15, -0.1) is 4.52 Å². The van der Waals surface area contributed by atoms with Gasteiger partial charge in [-0.25, -0.2) is 0 Å². The Hall–Kier alpha value is -3.30. The Balaban J connectivity index is 1.66. The molecule has 172 valence electrons. The number of nitrogens with zero attached hydrogens (tertiary/aromatic N) is 5. The van der Waals surface area contributed by atoms with E-state index in [9.17, 15) is 15.0 Å². The van der Waals surface area contributed by atoms with E-state index < -0.39 is 11.5 Å². The van der Waals surface area contributed by atoms with Gasteiger partial charge in [0, 0.05) is 29.8 Å². The summed E-state index contributed by atoms with van der Waals surface area (Å²) >= 11 is 0. The fourth-order valence-electron chi connectivity index (χ4n) is 4.87. The van der Waals surface area contributed by atoms with Crippen molar-refractivity contribution in [2.75, 3.05) is 6.61 Å². The fraction of sp³-hybridized carbons (Fsp3) is 0.417. The van der Waals surface area contributed by atoms with Gasteiger partial charge in [0.2, 0.25) is 0 Å². The molecule has 1 aromatic carbocycles. The molecule has 33 heavy (non-hydrogen) atoms. The van der Waals surface area contributed by atoms with Crippen LogP contribution >= 0.6 is 0 Å². The predicted molar refractivity (Wildman–Crippen MR) is 122 cm³/mol. The highest BCUT2D eigenvalue weighted by molar-refractivity contribution is 5.97. The zero-order chi connectivity index (χ0) is 23.3. The Kier molecular flexibility index (Phi) is 5.18. The lowest BCUT2D eigenvalue weighted by molar-refractivity contribution is -0.600. The molecule has 1 aliphatic carbocycles. The Morgan fingerprint density at radius 2 is 2.00 bits per heavy atom. The Morgan fingerprint density at radius 1 is 1.24 bits per heavy atom. The van der Waals surface area contributed by atoms with Crippen LogP contribution in [-0.4, -0.2) is 42.2 Å². The van der Waals surface area contributed by atoms with E-state index in [1.165, 1.54) is 0 Å².